The van der Waals surface area contributed by atoms with E-state index in [-0.39, 0.29) is 5.82 Å². The van der Waals surface area contributed by atoms with Crippen LogP contribution >= 0.6 is 0 Å². The number of hydrogen-bond acceptors (Lipinski definition) is 2. The van der Waals surface area contributed by atoms with Crippen molar-refractivity contribution in [2.75, 3.05) is 7.11 Å². The lowest BCUT2D eigenvalue weighted by Gasteiger charge is -2.15. The lowest BCUT2D eigenvalue weighted by molar-refractivity contribution is 0.407. The van der Waals surface area contributed by atoms with Crippen molar-refractivity contribution >= 4 is 11.6 Å². The largest absolute Gasteiger partial charge is 0.496 e. The van der Waals surface area contributed by atoms with Crippen LogP contribution in [0.25, 0.3) is 11.6 Å². The predicted octanol–water partition coefficient (Wildman–Crippen LogP) is 5.33. The van der Waals surface area contributed by atoms with Crippen molar-refractivity contribution in [3.8, 4) is 11.8 Å². The van der Waals surface area contributed by atoms with Crippen LogP contribution in [0.2, 0.25) is 0 Å². The maximum Gasteiger partial charge on any atom is 0.123 e. The molecule has 2 rings (SSSR count). The van der Waals surface area contributed by atoms with Gasteiger partial charge in [0.1, 0.15) is 11.6 Å². The topological polar surface area (TPSA) is 33.0 Å². The first-order valence-electron chi connectivity index (χ1n) is 7.52. The fourth-order valence-corrected chi connectivity index (χ4v) is 2.46. The molecule has 0 radical (unpaired) electrons. The first-order chi connectivity index (χ1) is 11.0. The summed E-state index contributed by atoms with van der Waals surface area (Å²) < 4.78 is 18.5. The highest BCUT2D eigenvalue weighted by atomic mass is 19.1. The number of nitrogens with zero attached hydrogens (tertiary/aromatic N) is 1. The van der Waals surface area contributed by atoms with E-state index >= 15 is 0 Å². The van der Waals surface area contributed by atoms with Gasteiger partial charge in [-0.25, -0.2) is 4.39 Å². The Morgan fingerprint density at radius 1 is 1.22 bits per heavy atom. The molecule has 0 aliphatic rings. The Hall–Kier alpha value is -2.60. The molecule has 0 amide bonds. The zero-order valence-corrected chi connectivity index (χ0v) is 13.9. The highest BCUT2D eigenvalue weighted by Crippen LogP contribution is 2.31. The van der Waals surface area contributed by atoms with Gasteiger partial charge in [0.15, 0.2) is 0 Å². The van der Waals surface area contributed by atoms with Crippen LogP contribution in [0.15, 0.2) is 36.4 Å². The average molecular weight is 309 g/mol. The molecule has 0 saturated carbocycles. The molecule has 0 saturated heterocycles. The Morgan fingerprint density at radius 3 is 2.39 bits per heavy atom. The van der Waals surface area contributed by atoms with Crippen molar-refractivity contribution in [2.24, 2.45) is 0 Å². The second-order valence-electron chi connectivity index (χ2n) is 5.78. The Balaban J connectivity index is 2.54. The van der Waals surface area contributed by atoms with Crippen LogP contribution in [0.1, 0.15) is 42.0 Å². The maximum atomic E-state index is 13.1. The number of rotatable bonds is 4. The Labute approximate surface area is 136 Å². The molecule has 0 aromatic heterocycles. The molecule has 3 heteroatoms. The summed E-state index contributed by atoms with van der Waals surface area (Å²) in [6.07, 6.45) is 1.84. The SMILES string of the molecule is COc1cc(C)c(/C=C(\C#N)c2ccc(F)cc2)cc1C(C)C. The molecule has 0 spiro atoms. The van der Waals surface area contributed by atoms with E-state index in [0.29, 0.717) is 17.1 Å². The van der Waals surface area contributed by atoms with E-state index < -0.39 is 0 Å². The van der Waals surface area contributed by atoms with E-state index in [1.54, 1.807) is 19.2 Å². The summed E-state index contributed by atoms with van der Waals surface area (Å²) in [6, 6.07) is 12.2. The molecule has 2 nitrogen and oxygen atoms in total. The Kier molecular flexibility index (Phi) is 5.18. The molecule has 0 bridgehead atoms. The van der Waals surface area contributed by atoms with Gasteiger partial charge < -0.3 is 4.74 Å². The molecular formula is C20H20FNO. The van der Waals surface area contributed by atoms with E-state index in [4.69, 9.17) is 4.74 Å². The molecule has 2 aromatic carbocycles. The van der Waals surface area contributed by atoms with Gasteiger partial charge in [-0.3, -0.25) is 0 Å². The molecule has 0 aliphatic heterocycles. The number of halogens is 1. The van der Waals surface area contributed by atoms with Crippen LogP contribution < -0.4 is 4.74 Å². The summed E-state index contributed by atoms with van der Waals surface area (Å²) in [5.74, 6) is 0.859. The van der Waals surface area contributed by atoms with Crippen LogP contribution in [-0.4, -0.2) is 7.11 Å². The number of aryl methyl sites for hydroxylation is 1. The summed E-state index contributed by atoms with van der Waals surface area (Å²) >= 11 is 0. The average Bonchev–Trinajstić information content (AvgIpc) is 2.54. The van der Waals surface area contributed by atoms with E-state index in [1.165, 1.54) is 12.1 Å². The van der Waals surface area contributed by atoms with Gasteiger partial charge in [-0.15, -0.1) is 0 Å². The number of hydrogen-bond donors (Lipinski definition) is 0. The summed E-state index contributed by atoms with van der Waals surface area (Å²) in [4.78, 5) is 0. The zero-order valence-electron chi connectivity index (χ0n) is 13.9. The van der Waals surface area contributed by atoms with E-state index in [1.807, 2.05) is 19.1 Å². The summed E-state index contributed by atoms with van der Waals surface area (Å²) in [5.41, 5.74) is 4.31. The van der Waals surface area contributed by atoms with E-state index in [9.17, 15) is 9.65 Å². The number of benzene rings is 2. The molecule has 0 unspecified atom stereocenters. The lowest BCUT2D eigenvalue weighted by Crippen LogP contribution is -1.97. The van der Waals surface area contributed by atoms with Gasteiger partial charge in [-0.2, -0.15) is 5.26 Å². The first kappa shape index (κ1) is 16.8. The first-order valence-corrected chi connectivity index (χ1v) is 7.52. The van der Waals surface area contributed by atoms with Crippen molar-refractivity contribution in [3.63, 3.8) is 0 Å². The molecule has 0 heterocycles. The molecule has 0 aliphatic carbocycles. The van der Waals surface area contributed by atoms with Gasteiger partial charge in [0.05, 0.1) is 18.8 Å². The standard InChI is InChI=1S/C20H20FNO/c1-13(2)19-11-16(14(3)9-20(19)23-4)10-17(12-22)15-5-7-18(21)8-6-15/h5-11,13H,1-4H3/b17-10+. The fraction of sp³-hybridized carbons (Fsp3) is 0.250. The van der Waals surface area contributed by atoms with Gasteiger partial charge in [-0.1, -0.05) is 26.0 Å². The molecular weight excluding hydrogens is 289 g/mol. The minimum Gasteiger partial charge on any atom is -0.496 e. The van der Waals surface area contributed by atoms with Crippen molar-refractivity contribution in [1.29, 1.82) is 5.26 Å². The third-order valence-corrected chi connectivity index (χ3v) is 3.82. The monoisotopic (exact) mass is 309 g/mol. The third-order valence-electron chi connectivity index (χ3n) is 3.82. The quantitative estimate of drug-likeness (QED) is 0.565. The van der Waals surface area contributed by atoms with Gasteiger partial charge >= 0.3 is 0 Å². The normalized spacial score (nSPS) is 11.4. The Bertz CT molecular complexity index is 767. The zero-order chi connectivity index (χ0) is 17.0. The van der Waals surface area contributed by atoms with E-state index in [2.05, 4.69) is 26.0 Å². The minimum atomic E-state index is -0.311. The van der Waals surface area contributed by atoms with Crippen molar-refractivity contribution in [2.45, 2.75) is 26.7 Å². The van der Waals surface area contributed by atoms with Crippen LogP contribution in [0.3, 0.4) is 0 Å². The van der Waals surface area contributed by atoms with Gasteiger partial charge in [0, 0.05) is 0 Å². The van der Waals surface area contributed by atoms with Crippen LogP contribution in [0, 0.1) is 24.1 Å². The van der Waals surface area contributed by atoms with Crippen molar-refractivity contribution in [3.05, 3.63) is 64.5 Å². The molecule has 0 N–H and O–H groups in total. The summed E-state index contributed by atoms with van der Waals surface area (Å²) in [7, 11) is 1.66. The van der Waals surface area contributed by atoms with Gasteiger partial charge in [0.25, 0.3) is 0 Å². The predicted molar refractivity (Wildman–Crippen MR) is 91.7 cm³/mol. The lowest BCUT2D eigenvalue weighted by atomic mass is 9.94. The number of nitriles is 1. The summed E-state index contributed by atoms with van der Waals surface area (Å²) in [5, 5.41) is 9.44. The van der Waals surface area contributed by atoms with Crippen molar-refractivity contribution < 1.29 is 9.13 Å². The molecule has 0 atom stereocenters. The highest BCUT2D eigenvalue weighted by Gasteiger charge is 2.11. The van der Waals surface area contributed by atoms with Gasteiger partial charge in [0.2, 0.25) is 0 Å². The maximum absolute atomic E-state index is 13.1. The van der Waals surface area contributed by atoms with Crippen LogP contribution in [0.5, 0.6) is 5.75 Å². The number of methoxy groups -OCH3 is 1. The highest BCUT2D eigenvalue weighted by molar-refractivity contribution is 5.90. The van der Waals surface area contributed by atoms with Crippen molar-refractivity contribution in [1.82, 2.24) is 0 Å². The third kappa shape index (κ3) is 3.78. The van der Waals surface area contributed by atoms with Crippen LogP contribution in [-0.2, 0) is 0 Å². The molecule has 2 aromatic rings. The number of allylic oxidation sites excluding steroid dienone is 1. The fourth-order valence-electron chi connectivity index (χ4n) is 2.46. The molecule has 23 heavy (non-hydrogen) atoms. The minimum absolute atomic E-state index is 0.311. The molecule has 118 valence electrons. The molecule has 0 fully saturated rings. The van der Waals surface area contributed by atoms with Gasteiger partial charge in [-0.05, 0) is 65.4 Å². The van der Waals surface area contributed by atoms with E-state index in [0.717, 1.165) is 22.4 Å². The van der Waals surface area contributed by atoms with Crippen LogP contribution in [0.4, 0.5) is 4.39 Å². The second kappa shape index (κ2) is 7.11. The Morgan fingerprint density at radius 2 is 1.87 bits per heavy atom. The summed E-state index contributed by atoms with van der Waals surface area (Å²) in [6.45, 7) is 6.19. The smallest absolute Gasteiger partial charge is 0.123 e. The number of ether oxygens (including phenoxy) is 1. The second-order valence-corrected chi connectivity index (χ2v) is 5.78.